The molecule has 0 aromatic heterocycles. The SMILES string of the molecule is CC1CCCN(C)C1.O=[N+]([O-])c1cc([N+](=O)[O-])c(O)c([N+](=O)[O-])c1. The van der Waals surface area contributed by atoms with E-state index in [9.17, 15) is 30.3 Å². The molecule has 1 aromatic rings. The highest BCUT2D eigenvalue weighted by molar-refractivity contribution is 5.64. The summed E-state index contributed by atoms with van der Waals surface area (Å²) in [6, 6.07) is 0.894. The van der Waals surface area contributed by atoms with E-state index in [4.69, 9.17) is 5.11 Å². The standard InChI is InChI=1S/C7H15N.C6H3N3O7/c1-7-4-3-5-8(2)6-7;10-6-4(8(13)14)1-3(7(11)12)2-5(6)9(15)16/h7H,3-6H2,1-2H3;1-2,10H. The molecule has 1 fully saturated rings. The normalized spacial score (nSPS) is 17.5. The van der Waals surface area contributed by atoms with Crippen molar-refractivity contribution < 1.29 is 19.9 Å². The second kappa shape index (κ2) is 8.15. The molecule has 132 valence electrons. The number of nitro benzene ring substituents is 3. The molecule has 0 aliphatic carbocycles. The van der Waals surface area contributed by atoms with Crippen molar-refractivity contribution >= 4 is 17.1 Å². The Hall–Kier alpha value is -2.82. The number of phenolic OH excluding ortho intramolecular Hbond substituents is 1. The number of hydrogen-bond acceptors (Lipinski definition) is 8. The van der Waals surface area contributed by atoms with Crippen molar-refractivity contribution in [2.45, 2.75) is 19.8 Å². The quantitative estimate of drug-likeness (QED) is 0.649. The van der Waals surface area contributed by atoms with Crippen LogP contribution in [0.5, 0.6) is 5.75 Å². The van der Waals surface area contributed by atoms with Gasteiger partial charge < -0.3 is 10.0 Å². The molecular formula is C13H18N4O7. The number of rotatable bonds is 3. The van der Waals surface area contributed by atoms with Crippen molar-refractivity contribution in [3.8, 4) is 5.75 Å². The lowest BCUT2D eigenvalue weighted by Crippen LogP contribution is -2.30. The number of benzene rings is 1. The van der Waals surface area contributed by atoms with E-state index >= 15 is 0 Å². The van der Waals surface area contributed by atoms with Gasteiger partial charge in [-0.2, -0.15) is 0 Å². The number of nitro groups is 3. The molecule has 0 amide bonds. The van der Waals surface area contributed by atoms with Gasteiger partial charge in [-0.3, -0.25) is 30.3 Å². The Morgan fingerprint density at radius 1 is 1.08 bits per heavy atom. The Balaban J connectivity index is 0.000000300. The van der Waals surface area contributed by atoms with Crippen LogP contribution in [0.3, 0.4) is 0 Å². The fraction of sp³-hybridized carbons (Fsp3) is 0.538. The Morgan fingerprint density at radius 2 is 1.58 bits per heavy atom. The first kappa shape index (κ1) is 19.2. The number of phenols is 1. The molecule has 1 unspecified atom stereocenters. The number of hydrogen-bond donors (Lipinski definition) is 1. The van der Waals surface area contributed by atoms with Crippen molar-refractivity contribution in [3.63, 3.8) is 0 Å². The van der Waals surface area contributed by atoms with Gasteiger partial charge in [0.25, 0.3) is 11.4 Å². The van der Waals surface area contributed by atoms with Crippen molar-refractivity contribution in [3.05, 3.63) is 42.5 Å². The van der Waals surface area contributed by atoms with Crippen LogP contribution >= 0.6 is 0 Å². The molecule has 2 rings (SSSR count). The first-order chi connectivity index (χ1) is 11.1. The maximum absolute atomic E-state index is 10.4. The maximum atomic E-state index is 10.4. The number of aromatic hydroxyl groups is 1. The maximum Gasteiger partial charge on any atom is 0.324 e. The molecule has 0 saturated carbocycles. The van der Waals surface area contributed by atoms with Crippen LogP contribution in [0, 0.1) is 36.3 Å². The first-order valence-corrected chi connectivity index (χ1v) is 7.12. The molecule has 1 aliphatic heterocycles. The van der Waals surface area contributed by atoms with Gasteiger partial charge in [0.2, 0.25) is 0 Å². The molecule has 1 N–H and O–H groups in total. The molecule has 0 radical (unpaired) electrons. The van der Waals surface area contributed by atoms with E-state index in [1.54, 1.807) is 0 Å². The predicted molar refractivity (Wildman–Crippen MR) is 84.0 cm³/mol. The Labute approximate surface area is 136 Å². The second-order valence-corrected chi connectivity index (χ2v) is 5.61. The summed E-state index contributed by atoms with van der Waals surface area (Å²) in [4.78, 5) is 30.2. The minimum absolute atomic E-state index is 0.447. The minimum Gasteiger partial charge on any atom is -0.497 e. The van der Waals surface area contributed by atoms with E-state index in [0.29, 0.717) is 12.1 Å². The van der Waals surface area contributed by atoms with Gasteiger partial charge in [0.1, 0.15) is 0 Å². The summed E-state index contributed by atoms with van der Waals surface area (Å²) in [5, 5.41) is 40.2. The van der Waals surface area contributed by atoms with Crippen LogP contribution in [0.4, 0.5) is 17.1 Å². The topological polar surface area (TPSA) is 153 Å². The van der Waals surface area contributed by atoms with Crippen molar-refractivity contribution in [1.82, 2.24) is 4.90 Å². The number of piperidine rings is 1. The van der Waals surface area contributed by atoms with Crippen LogP contribution in [0.15, 0.2) is 12.1 Å². The second-order valence-electron chi connectivity index (χ2n) is 5.61. The van der Waals surface area contributed by atoms with Gasteiger partial charge in [-0.15, -0.1) is 0 Å². The van der Waals surface area contributed by atoms with Gasteiger partial charge in [0.15, 0.2) is 0 Å². The Kier molecular flexibility index (Phi) is 6.53. The molecule has 1 heterocycles. The summed E-state index contributed by atoms with van der Waals surface area (Å²) in [7, 11) is 2.20. The monoisotopic (exact) mass is 342 g/mol. The van der Waals surface area contributed by atoms with Gasteiger partial charge in [-0.1, -0.05) is 6.92 Å². The third kappa shape index (κ3) is 5.12. The summed E-state index contributed by atoms with van der Waals surface area (Å²) < 4.78 is 0. The zero-order valence-electron chi connectivity index (χ0n) is 13.2. The van der Waals surface area contributed by atoms with E-state index in [1.165, 1.54) is 25.9 Å². The summed E-state index contributed by atoms with van der Waals surface area (Å²) in [5.41, 5.74) is -3.00. The van der Waals surface area contributed by atoms with Crippen LogP contribution in [-0.4, -0.2) is 44.9 Å². The highest BCUT2D eigenvalue weighted by atomic mass is 16.6. The van der Waals surface area contributed by atoms with Crippen molar-refractivity contribution in [2.24, 2.45) is 5.92 Å². The van der Waals surface area contributed by atoms with Gasteiger partial charge >= 0.3 is 11.4 Å². The molecule has 0 spiro atoms. The summed E-state index contributed by atoms with van der Waals surface area (Å²) in [6.07, 6.45) is 2.84. The lowest BCUT2D eigenvalue weighted by atomic mass is 10.0. The molecule has 11 heteroatoms. The molecule has 24 heavy (non-hydrogen) atoms. The van der Waals surface area contributed by atoms with Crippen LogP contribution in [0.25, 0.3) is 0 Å². The van der Waals surface area contributed by atoms with Crippen LogP contribution < -0.4 is 0 Å². The third-order valence-corrected chi connectivity index (χ3v) is 3.52. The number of likely N-dealkylation sites (tertiary alicyclic amines) is 1. The predicted octanol–water partition coefficient (Wildman–Crippen LogP) is 2.46. The van der Waals surface area contributed by atoms with Gasteiger partial charge in [0.05, 0.1) is 26.9 Å². The molecule has 1 atom stereocenters. The zero-order valence-corrected chi connectivity index (χ0v) is 13.2. The van der Waals surface area contributed by atoms with Crippen LogP contribution in [0.1, 0.15) is 19.8 Å². The average Bonchev–Trinajstić information content (AvgIpc) is 2.46. The van der Waals surface area contributed by atoms with E-state index in [-0.39, 0.29) is 0 Å². The van der Waals surface area contributed by atoms with Crippen molar-refractivity contribution in [2.75, 3.05) is 20.1 Å². The lowest BCUT2D eigenvalue weighted by molar-refractivity contribution is -0.404. The van der Waals surface area contributed by atoms with Crippen LogP contribution in [-0.2, 0) is 0 Å². The lowest BCUT2D eigenvalue weighted by Gasteiger charge is -2.26. The molecule has 1 aromatic carbocycles. The largest absolute Gasteiger partial charge is 0.497 e. The highest BCUT2D eigenvalue weighted by Crippen LogP contribution is 2.38. The van der Waals surface area contributed by atoms with E-state index in [0.717, 1.165) is 5.92 Å². The van der Waals surface area contributed by atoms with E-state index in [2.05, 4.69) is 18.9 Å². The van der Waals surface area contributed by atoms with E-state index in [1.807, 2.05) is 0 Å². The molecule has 11 nitrogen and oxygen atoms in total. The molecule has 1 aliphatic rings. The van der Waals surface area contributed by atoms with E-state index < -0.39 is 37.6 Å². The van der Waals surface area contributed by atoms with Gasteiger partial charge in [0, 0.05) is 6.54 Å². The Bertz CT molecular complexity index is 606. The fourth-order valence-corrected chi connectivity index (χ4v) is 2.40. The summed E-state index contributed by atoms with van der Waals surface area (Å²) >= 11 is 0. The smallest absolute Gasteiger partial charge is 0.324 e. The zero-order chi connectivity index (χ0) is 18.4. The summed E-state index contributed by atoms with van der Waals surface area (Å²) in [5.74, 6) is -0.269. The molecular weight excluding hydrogens is 324 g/mol. The molecule has 1 saturated heterocycles. The minimum atomic E-state index is -1.21. The molecule has 0 bridgehead atoms. The summed E-state index contributed by atoms with van der Waals surface area (Å²) in [6.45, 7) is 4.94. The number of nitrogens with zero attached hydrogens (tertiary/aromatic N) is 4. The third-order valence-electron chi connectivity index (χ3n) is 3.52. The van der Waals surface area contributed by atoms with Crippen molar-refractivity contribution in [1.29, 1.82) is 0 Å². The fourth-order valence-electron chi connectivity index (χ4n) is 2.40. The average molecular weight is 342 g/mol. The highest BCUT2D eigenvalue weighted by Gasteiger charge is 2.30. The van der Waals surface area contributed by atoms with Gasteiger partial charge in [-0.05, 0) is 32.4 Å². The first-order valence-electron chi connectivity index (χ1n) is 7.12. The van der Waals surface area contributed by atoms with Crippen LogP contribution in [0.2, 0.25) is 0 Å². The van der Waals surface area contributed by atoms with Gasteiger partial charge in [-0.25, -0.2) is 0 Å². The Morgan fingerprint density at radius 3 is 1.88 bits per heavy atom. The number of non-ortho nitro benzene ring substituents is 1.